The summed E-state index contributed by atoms with van der Waals surface area (Å²) in [4.78, 5) is 7.93. The van der Waals surface area contributed by atoms with Crippen LogP contribution in [0.3, 0.4) is 0 Å². The maximum Gasteiger partial charge on any atom is 0.0897 e. The lowest BCUT2D eigenvalue weighted by atomic mass is 9.95. The van der Waals surface area contributed by atoms with Gasteiger partial charge < -0.3 is 10.1 Å². The zero-order chi connectivity index (χ0) is 15.3. The molecular formula is C18H17ClN2O. The average Bonchev–Trinajstić information content (AvgIpc) is 3.24. The lowest BCUT2D eigenvalue weighted by molar-refractivity contribution is 0.255. The standard InChI is InChI=1S/C18H17ClN2O/c1-11-8-15-16(20-11)9-14(19)17(21-15)12-2-4-13(5-3-12)18(10-22)6-7-18/h2-5,8-9,20,22H,6-7,10H2,1H3. The minimum absolute atomic E-state index is 0.00252. The predicted octanol–water partition coefficient (Wildman–Crippen LogP) is 4.22. The monoisotopic (exact) mass is 312 g/mol. The molecule has 0 aliphatic heterocycles. The third-order valence-electron chi connectivity index (χ3n) is 4.62. The van der Waals surface area contributed by atoms with Crippen molar-refractivity contribution in [2.45, 2.75) is 25.2 Å². The van der Waals surface area contributed by atoms with Crippen molar-refractivity contribution in [3.8, 4) is 11.3 Å². The van der Waals surface area contributed by atoms with E-state index in [0.717, 1.165) is 40.8 Å². The van der Waals surface area contributed by atoms with Gasteiger partial charge in [-0.2, -0.15) is 0 Å². The molecule has 2 aromatic heterocycles. The molecule has 1 aromatic carbocycles. The number of halogens is 1. The summed E-state index contributed by atoms with van der Waals surface area (Å²) in [7, 11) is 0. The highest BCUT2D eigenvalue weighted by Gasteiger charge is 2.43. The summed E-state index contributed by atoms with van der Waals surface area (Å²) >= 11 is 6.39. The van der Waals surface area contributed by atoms with E-state index in [2.05, 4.69) is 22.1 Å². The van der Waals surface area contributed by atoms with Crippen molar-refractivity contribution >= 4 is 22.6 Å². The van der Waals surface area contributed by atoms with Crippen LogP contribution in [0.2, 0.25) is 5.02 Å². The molecule has 0 unspecified atom stereocenters. The quantitative estimate of drug-likeness (QED) is 0.761. The molecule has 22 heavy (non-hydrogen) atoms. The normalized spacial score (nSPS) is 16.1. The van der Waals surface area contributed by atoms with Crippen molar-refractivity contribution in [2.75, 3.05) is 6.61 Å². The molecule has 0 radical (unpaired) electrons. The topological polar surface area (TPSA) is 48.9 Å². The first-order chi connectivity index (χ1) is 10.6. The molecule has 0 spiro atoms. The number of nitrogens with one attached hydrogen (secondary N) is 1. The Kier molecular flexibility index (Phi) is 3.03. The molecule has 2 heterocycles. The predicted molar refractivity (Wildman–Crippen MR) is 89.3 cm³/mol. The maximum atomic E-state index is 9.52. The van der Waals surface area contributed by atoms with Gasteiger partial charge in [-0.05, 0) is 37.5 Å². The number of aliphatic hydroxyl groups is 1. The minimum Gasteiger partial charge on any atom is -0.395 e. The van der Waals surface area contributed by atoms with E-state index in [1.54, 1.807) is 0 Å². The Hall–Kier alpha value is -1.84. The van der Waals surface area contributed by atoms with E-state index in [4.69, 9.17) is 11.6 Å². The first-order valence-electron chi connectivity index (χ1n) is 7.49. The van der Waals surface area contributed by atoms with Gasteiger partial charge in [-0.15, -0.1) is 0 Å². The van der Waals surface area contributed by atoms with Gasteiger partial charge in [0.1, 0.15) is 0 Å². The van der Waals surface area contributed by atoms with Crippen molar-refractivity contribution < 1.29 is 5.11 Å². The van der Waals surface area contributed by atoms with E-state index in [9.17, 15) is 5.11 Å². The van der Waals surface area contributed by atoms with Crippen LogP contribution in [0, 0.1) is 6.92 Å². The van der Waals surface area contributed by atoms with Gasteiger partial charge in [-0.25, -0.2) is 4.98 Å². The molecule has 3 nitrogen and oxygen atoms in total. The van der Waals surface area contributed by atoms with Crippen LogP contribution in [-0.2, 0) is 5.41 Å². The molecule has 112 valence electrons. The van der Waals surface area contributed by atoms with Crippen molar-refractivity contribution in [2.24, 2.45) is 0 Å². The van der Waals surface area contributed by atoms with E-state index in [-0.39, 0.29) is 12.0 Å². The summed E-state index contributed by atoms with van der Waals surface area (Å²) in [6.45, 7) is 2.23. The highest BCUT2D eigenvalue weighted by atomic mass is 35.5. The maximum absolute atomic E-state index is 9.52. The summed E-state index contributed by atoms with van der Waals surface area (Å²) in [5, 5.41) is 10.2. The fourth-order valence-corrected chi connectivity index (χ4v) is 3.30. The summed E-state index contributed by atoms with van der Waals surface area (Å²) in [5.41, 5.74) is 5.96. The molecule has 0 atom stereocenters. The lowest BCUT2D eigenvalue weighted by Gasteiger charge is -2.13. The first kappa shape index (κ1) is 13.8. The van der Waals surface area contributed by atoms with Crippen LogP contribution in [0.5, 0.6) is 0 Å². The molecule has 1 fully saturated rings. The summed E-state index contributed by atoms with van der Waals surface area (Å²) in [5.74, 6) is 0. The van der Waals surface area contributed by atoms with Crippen LogP contribution >= 0.6 is 11.6 Å². The van der Waals surface area contributed by atoms with Gasteiger partial charge >= 0.3 is 0 Å². The summed E-state index contributed by atoms with van der Waals surface area (Å²) in [6.07, 6.45) is 2.13. The molecule has 1 saturated carbocycles. The summed E-state index contributed by atoms with van der Waals surface area (Å²) < 4.78 is 0. The largest absolute Gasteiger partial charge is 0.395 e. The number of hydrogen-bond acceptors (Lipinski definition) is 2. The van der Waals surface area contributed by atoms with Crippen LogP contribution in [0.15, 0.2) is 36.4 Å². The van der Waals surface area contributed by atoms with E-state index in [1.165, 1.54) is 5.56 Å². The Morgan fingerprint density at radius 1 is 1.23 bits per heavy atom. The average molecular weight is 313 g/mol. The smallest absolute Gasteiger partial charge is 0.0897 e. The van der Waals surface area contributed by atoms with Crippen molar-refractivity contribution in [3.05, 3.63) is 52.7 Å². The fraction of sp³-hybridized carbons (Fsp3) is 0.278. The highest BCUT2D eigenvalue weighted by Crippen LogP contribution is 2.48. The Labute approximate surface area is 134 Å². The second kappa shape index (κ2) is 4.83. The molecule has 0 saturated heterocycles. The molecule has 1 aliphatic rings. The van der Waals surface area contributed by atoms with Crippen molar-refractivity contribution in [3.63, 3.8) is 0 Å². The molecule has 3 aromatic rings. The summed E-state index contributed by atoms with van der Waals surface area (Å²) in [6, 6.07) is 12.2. The molecule has 4 rings (SSSR count). The number of pyridine rings is 1. The fourth-order valence-electron chi connectivity index (χ4n) is 3.04. The Morgan fingerprint density at radius 2 is 1.95 bits per heavy atom. The van der Waals surface area contributed by atoms with Gasteiger partial charge in [0, 0.05) is 16.7 Å². The van der Waals surface area contributed by atoms with Crippen LogP contribution in [0.1, 0.15) is 24.1 Å². The number of aromatic nitrogens is 2. The van der Waals surface area contributed by atoms with Crippen LogP contribution in [-0.4, -0.2) is 21.7 Å². The third-order valence-corrected chi connectivity index (χ3v) is 4.91. The van der Waals surface area contributed by atoms with Crippen LogP contribution in [0.25, 0.3) is 22.3 Å². The third kappa shape index (κ3) is 2.13. The number of rotatable bonds is 3. The SMILES string of the molecule is Cc1cc2nc(-c3ccc(C4(CO)CC4)cc3)c(Cl)cc2[nH]1. The second-order valence-corrected chi connectivity index (χ2v) is 6.63. The Balaban J connectivity index is 1.76. The van der Waals surface area contributed by atoms with Gasteiger partial charge in [-0.3, -0.25) is 0 Å². The van der Waals surface area contributed by atoms with E-state index >= 15 is 0 Å². The molecule has 0 bridgehead atoms. The van der Waals surface area contributed by atoms with Crippen molar-refractivity contribution in [1.29, 1.82) is 0 Å². The molecule has 2 N–H and O–H groups in total. The molecule has 4 heteroatoms. The number of nitrogens with zero attached hydrogens (tertiary/aromatic N) is 1. The van der Waals surface area contributed by atoms with Gasteiger partial charge in [0.25, 0.3) is 0 Å². The second-order valence-electron chi connectivity index (χ2n) is 6.22. The Morgan fingerprint density at radius 3 is 2.59 bits per heavy atom. The van der Waals surface area contributed by atoms with Gasteiger partial charge in [0.05, 0.1) is 28.4 Å². The van der Waals surface area contributed by atoms with Crippen molar-refractivity contribution in [1.82, 2.24) is 9.97 Å². The Bertz CT molecular complexity index is 847. The first-order valence-corrected chi connectivity index (χ1v) is 7.87. The highest BCUT2D eigenvalue weighted by molar-refractivity contribution is 6.33. The number of benzene rings is 1. The lowest BCUT2D eigenvalue weighted by Crippen LogP contribution is -2.11. The molecular weight excluding hydrogens is 296 g/mol. The number of fused-ring (bicyclic) bond motifs is 1. The number of hydrogen-bond donors (Lipinski definition) is 2. The number of aliphatic hydroxyl groups excluding tert-OH is 1. The van der Waals surface area contributed by atoms with E-state index in [0.29, 0.717) is 5.02 Å². The van der Waals surface area contributed by atoms with E-state index in [1.807, 2.05) is 31.2 Å². The van der Waals surface area contributed by atoms with Gasteiger partial charge in [-0.1, -0.05) is 35.9 Å². The molecule has 1 aliphatic carbocycles. The van der Waals surface area contributed by atoms with E-state index < -0.39 is 0 Å². The number of aryl methyl sites for hydroxylation is 1. The van der Waals surface area contributed by atoms with Gasteiger partial charge in [0.2, 0.25) is 0 Å². The number of H-pyrrole nitrogens is 1. The number of aromatic amines is 1. The van der Waals surface area contributed by atoms with Crippen LogP contribution in [0.4, 0.5) is 0 Å². The zero-order valence-corrected chi connectivity index (χ0v) is 13.1. The van der Waals surface area contributed by atoms with Gasteiger partial charge in [0.15, 0.2) is 0 Å². The minimum atomic E-state index is -0.00252. The zero-order valence-electron chi connectivity index (χ0n) is 12.4. The van der Waals surface area contributed by atoms with Crippen LogP contribution < -0.4 is 0 Å². The molecule has 0 amide bonds.